The Morgan fingerprint density at radius 1 is 1.67 bits per heavy atom. The monoisotopic (exact) mass is 347 g/mol. The standard InChI is InChI=1S/C8H5ClF2INO2/c1-15-8-3(7(10)11)2-4(12)5(13-8)6(9)14/h2,7H,1H3. The van der Waals surface area contributed by atoms with Gasteiger partial charge >= 0.3 is 0 Å². The third-order valence-corrected chi connectivity index (χ3v) is 2.58. The van der Waals surface area contributed by atoms with Gasteiger partial charge in [0.25, 0.3) is 11.7 Å². The Labute approximate surface area is 103 Å². The smallest absolute Gasteiger partial charge is 0.272 e. The molecule has 0 fully saturated rings. The van der Waals surface area contributed by atoms with Crippen LogP contribution in [0.3, 0.4) is 0 Å². The molecule has 0 aromatic carbocycles. The van der Waals surface area contributed by atoms with Crippen LogP contribution in [0.5, 0.6) is 5.88 Å². The molecule has 0 atom stereocenters. The van der Waals surface area contributed by atoms with E-state index in [9.17, 15) is 13.6 Å². The van der Waals surface area contributed by atoms with E-state index in [1.54, 1.807) is 22.6 Å². The molecule has 0 aliphatic carbocycles. The van der Waals surface area contributed by atoms with Crippen LogP contribution in [0.15, 0.2) is 6.07 Å². The van der Waals surface area contributed by atoms with E-state index < -0.39 is 11.7 Å². The first-order valence-corrected chi connectivity index (χ1v) is 5.15. The SMILES string of the molecule is COc1nc(C(=O)Cl)c(I)cc1C(F)F. The Hall–Kier alpha value is -0.500. The number of hydrogen-bond acceptors (Lipinski definition) is 3. The van der Waals surface area contributed by atoms with Crippen molar-refractivity contribution in [2.75, 3.05) is 7.11 Å². The molecule has 0 amide bonds. The first-order valence-electron chi connectivity index (χ1n) is 3.69. The molecule has 1 rings (SSSR count). The van der Waals surface area contributed by atoms with Gasteiger partial charge in [-0.3, -0.25) is 4.79 Å². The number of aromatic nitrogens is 1. The van der Waals surface area contributed by atoms with Crippen molar-refractivity contribution >= 4 is 39.4 Å². The molecule has 1 aromatic heterocycles. The van der Waals surface area contributed by atoms with Gasteiger partial charge in [0, 0.05) is 3.57 Å². The molecular weight excluding hydrogens is 342 g/mol. The molecule has 0 spiro atoms. The molecular formula is C8H5ClF2INO2. The summed E-state index contributed by atoms with van der Waals surface area (Å²) in [6.45, 7) is 0. The number of carbonyl (C=O) groups is 1. The molecule has 82 valence electrons. The Morgan fingerprint density at radius 2 is 2.27 bits per heavy atom. The van der Waals surface area contributed by atoms with Crippen molar-refractivity contribution < 1.29 is 18.3 Å². The summed E-state index contributed by atoms with van der Waals surface area (Å²) in [6, 6.07) is 1.13. The topological polar surface area (TPSA) is 39.2 Å². The number of methoxy groups -OCH3 is 1. The highest BCUT2D eigenvalue weighted by molar-refractivity contribution is 14.1. The van der Waals surface area contributed by atoms with Gasteiger partial charge in [-0.05, 0) is 40.3 Å². The quantitative estimate of drug-likeness (QED) is 0.623. The van der Waals surface area contributed by atoms with Gasteiger partial charge in [-0.2, -0.15) is 0 Å². The number of alkyl halides is 2. The van der Waals surface area contributed by atoms with Crippen LogP contribution in [0.25, 0.3) is 0 Å². The second-order valence-electron chi connectivity index (χ2n) is 2.49. The summed E-state index contributed by atoms with van der Waals surface area (Å²) >= 11 is 6.93. The van der Waals surface area contributed by atoms with E-state index >= 15 is 0 Å². The van der Waals surface area contributed by atoms with E-state index in [4.69, 9.17) is 11.6 Å². The summed E-state index contributed by atoms with van der Waals surface area (Å²) in [5, 5.41) is -0.807. The van der Waals surface area contributed by atoms with Crippen molar-refractivity contribution in [2.24, 2.45) is 0 Å². The highest BCUT2D eigenvalue weighted by atomic mass is 127. The lowest BCUT2D eigenvalue weighted by molar-refractivity contribution is 0.107. The lowest BCUT2D eigenvalue weighted by Gasteiger charge is -2.08. The van der Waals surface area contributed by atoms with Crippen LogP contribution in [-0.2, 0) is 0 Å². The second kappa shape index (κ2) is 5.02. The molecule has 1 heterocycles. The molecule has 7 heteroatoms. The largest absolute Gasteiger partial charge is 0.481 e. The minimum atomic E-state index is -2.71. The first kappa shape index (κ1) is 12.6. The highest BCUT2D eigenvalue weighted by Crippen LogP contribution is 2.30. The summed E-state index contributed by atoms with van der Waals surface area (Å²) in [5.41, 5.74) is -0.443. The van der Waals surface area contributed by atoms with Crippen LogP contribution < -0.4 is 4.74 Å². The fraction of sp³-hybridized carbons (Fsp3) is 0.250. The van der Waals surface area contributed by atoms with E-state index in [-0.39, 0.29) is 20.7 Å². The minimum Gasteiger partial charge on any atom is -0.481 e. The molecule has 0 saturated carbocycles. The minimum absolute atomic E-state index is 0.0847. The lowest BCUT2D eigenvalue weighted by Crippen LogP contribution is -2.04. The predicted octanol–water partition coefficient (Wildman–Crippen LogP) is 3.01. The van der Waals surface area contributed by atoms with Gasteiger partial charge in [-0.15, -0.1) is 0 Å². The van der Waals surface area contributed by atoms with Crippen LogP contribution in [-0.4, -0.2) is 17.3 Å². The maximum absolute atomic E-state index is 12.5. The molecule has 0 radical (unpaired) electrons. The number of nitrogens with zero attached hydrogens (tertiary/aromatic N) is 1. The number of hydrogen-bond donors (Lipinski definition) is 0. The molecule has 1 aromatic rings. The number of carbonyl (C=O) groups excluding carboxylic acids is 1. The molecule has 0 N–H and O–H groups in total. The maximum Gasteiger partial charge on any atom is 0.272 e. The number of rotatable bonds is 3. The maximum atomic E-state index is 12.5. The van der Waals surface area contributed by atoms with Crippen LogP contribution in [0.2, 0.25) is 0 Å². The zero-order valence-electron chi connectivity index (χ0n) is 7.43. The normalized spacial score (nSPS) is 10.5. The van der Waals surface area contributed by atoms with E-state index in [0.29, 0.717) is 0 Å². The fourth-order valence-corrected chi connectivity index (χ4v) is 1.95. The van der Waals surface area contributed by atoms with Gasteiger partial charge in [-0.1, -0.05) is 0 Å². The average molecular weight is 347 g/mol. The molecule has 0 bridgehead atoms. The highest BCUT2D eigenvalue weighted by Gasteiger charge is 2.20. The van der Waals surface area contributed by atoms with Gasteiger partial charge in [-0.25, -0.2) is 13.8 Å². The number of halogens is 4. The Balaban J connectivity index is 3.35. The van der Waals surface area contributed by atoms with Crippen LogP contribution in [0.4, 0.5) is 8.78 Å². The molecule has 15 heavy (non-hydrogen) atoms. The van der Waals surface area contributed by atoms with Crippen molar-refractivity contribution in [3.05, 3.63) is 20.9 Å². The van der Waals surface area contributed by atoms with E-state index in [1.807, 2.05) is 0 Å². The third-order valence-electron chi connectivity index (χ3n) is 1.58. The summed E-state index contributed by atoms with van der Waals surface area (Å²) in [4.78, 5) is 14.5. The molecule has 0 aliphatic heterocycles. The number of ether oxygens (including phenoxy) is 1. The van der Waals surface area contributed by atoms with Crippen molar-refractivity contribution in [1.29, 1.82) is 0 Å². The summed E-state index contributed by atoms with van der Waals surface area (Å²) in [6.07, 6.45) is -2.71. The zero-order chi connectivity index (χ0) is 11.6. The Kier molecular flexibility index (Phi) is 4.21. The van der Waals surface area contributed by atoms with Gasteiger partial charge in [0.2, 0.25) is 5.88 Å². The van der Waals surface area contributed by atoms with E-state index in [1.165, 1.54) is 7.11 Å². The van der Waals surface area contributed by atoms with Crippen molar-refractivity contribution in [2.45, 2.75) is 6.43 Å². The Morgan fingerprint density at radius 3 is 2.67 bits per heavy atom. The van der Waals surface area contributed by atoms with E-state index in [2.05, 4.69) is 9.72 Å². The van der Waals surface area contributed by atoms with Crippen molar-refractivity contribution in [3.63, 3.8) is 0 Å². The molecule has 0 saturated heterocycles. The summed E-state index contributed by atoms with van der Waals surface area (Å²) in [5.74, 6) is -0.283. The molecule has 0 aliphatic rings. The van der Waals surface area contributed by atoms with E-state index in [0.717, 1.165) is 6.07 Å². The second-order valence-corrected chi connectivity index (χ2v) is 4.00. The van der Waals surface area contributed by atoms with Crippen LogP contribution in [0, 0.1) is 3.57 Å². The summed E-state index contributed by atoms with van der Waals surface area (Å²) < 4.78 is 29.9. The fourth-order valence-electron chi connectivity index (χ4n) is 0.944. The van der Waals surface area contributed by atoms with Crippen molar-refractivity contribution in [1.82, 2.24) is 4.98 Å². The van der Waals surface area contributed by atoms with Crippen LogP contribution in [0.1, 0.15) is 22.5 Å². The predicted molar refractivity (Wildman–Crippen MR) is 58.6 cm³/mol. The number of pyridine rings is 1. The van der Waals surface area contributed by atoms with Gasteiger partial charge in [0.1, 0.15) is 5.69 Å². The molecule has 3 nitrogen and oxygen atoms in total. The Bertz CT molecular complexity index is 400. The molecule has 0 unspecified atom stereocenters. The third kappa shape index (κ3) is 2.75. The lowest BCUT2D eigenvalue weighted by atomic mass is 10.2. The van der Waals surface area contributed by atoms with Crippen molar-refractivity contribution in [3.8, 4) is 5.88 Å². The average Bonchev–Trinajstić information content (AvgIpc) is 2.16. The zero-order valence-corrected chi connectivity index (χ0v) is 10.3. The first-order chi connectivity index (χ1) is 6.97. The van der Waals surface area contributed by atoms with Gasteiger partial charge in [0.05, 0.1) is 12.7 Å². The van der Waals surface area contributed by atoms with Gasteiger partial charge in [0.15, 0.2) is 0 Å². The van der Waals surface area contributed by atoms with Gasteiger partial charge < -0.3 is 4.74 Å². The van der Waals surface area contributed by atoms with Crippen LogP contribution >= 0.6 is 34.2 Å². The summed E-state index contributed by atoms with van der Waals surface area (Å²) in [7, 11) is 1.20.